The maximum Gasteiger partial charge on any atom is 0.500 e. The molecule has 0 N–H and O–H groups in total. The zero-order chi connectivity index (χ0) is 17.6. The van der Waals surface area contributed by atoms with Crippen LogP contribution in [0, 0.1) is 0 Å². The third-order valence-electron chi connectivity index (χ3n) is 3.89. The van der Waals surface area contributed by atoms with Gasteiger partial charge in [0.15, 0.2) is 0 Å². The SMILES string of the molecule is C=C(C)C(=O)OCCCCCCCCCC[Si](OC)(OC)OC.[SiH4]. The van der Waals surface area contributed by atoms with Crippen LogP contribution in [0.25, 0.3) is 0 Å². The summed E-state index contributed by atoms with van der Waals surface area (Å²) in [6.45, 7) is 5.73. The Balaban J connectivity index is 0. The van der Waals surface area contributed by atoms with Crippen LogP contribution in [0.1, 0.15) is 58.3 Å². The number of carbonyl (C=O) groups is 1. The molecule has 0 unspecified atom stereocenters. The largest absolute Gasteiger partial charge is 0.500 e. The van der Waals surface area contributed by atoms with E-state index < -0.39 is 8.80 Å². The Kier molecular flexibility index (Phi) is 17.2. The first kappa shape index (κ1) is 25.8. The molecule has 144 valence electrons. The van der Waals surface area contributed by atoms with E-state index in [1.54, 1.807) is 28.3 Å². The summed E-state index contributed by atoms with van der Waals surface area (Å²) in [6, 6.07) is 0.880. The fraction of sp³-hybridized carbons (Fsp3) is 0.824. The highest BCUT2D eigenvalue weighted by Gasteiger charge is 2.36. The average molecular weight is 379 g/mol. The zero-order valence-electron chi connectivity index (χ0n) is 15.3. The van der Waals surface area contributed by atoms with Gasteiger partial charge < -0.3 is 18.0 Å². The van der Waals surface area contributed by atoms with Crippen LogP contribution in [-0.2, 0) is 22.8 Å². The van der Waals surface area contributed by atoms with Crippen molar-refractivity contribution in [3.63, 3.8) is 0 Å². The second-order valence-corrected chi connectivity index (χ2v) is 8.88. The molecule has 0 aliphatic carbocycles. The minimum absolute atomic E-state index is 0. The van der Waals surface area contributed by atoms with E-state index in [4.69, 9.17) is 18.0 Å². The number of hydrogen-bond donors (Lipinski definition) is 0. The number of unbranched alkanes of at least 4 members (excludes halogenated alkanes) is 7. The molecule has 0 saturated carbocycles. The maximum atomic E-state index is 11.2. The molecule has 7 heteroatoms. The highest BCUT2D eigenvalue weighted by molar-refractivity contribution is 6.60. The Morgan fingerprint density at radius 2 is 1.25 bits per heavy atom. The van der Waals surface area contributed by atoms with Gasteiger partial charge in [-0.05, 0) is 30.7 Å². The summed E-state index contributed by atoms with van der Waals surface area (Å²) in [5.74, 6) is -0.284. The zero-order valence-corrected chi connectivity index (χ0v) is 16.3. The van der Waals surface area contributed by atoms with Crippen molar-refractivity contribution in [1.82, 2.24) is 0 Å². The van der Waals surface area contributed by atoms with Gasteiger partial charge in [0.05, 0.1) is 6.61 Å². The quantitative estimate of drug-likeness (QED) is 0.190. The molecule has 0 spiro atoms. The summed E-state index contributed by atoms with van der Waals surface area (Å²) in [4.78, 5) is 11.2. The maximum absolute atomic E-state index is 11.2. The van der Waals surface area contributed by atoms with Crippen molar-refractivity contribution in [2.24, 2.45) is 0 Å². The Bertz CT molecular complexity index is 325. The first-order valence-electron chi connectivity index (χ1n) is 8.49. The number of carbonyl (C=O) groups excluding carboxylic acids is 1. The van der Waals surface area contributed by atoms with Gasteiger partial charge in [-0.1, -0.05) is 45.1 Å². The smallest absolute Gasteiger partial charge is 0.462 e. The van der Waals surface area contributed by atoms with Crippen LogP contribution in [0.15, 0.2) is 12.2 Å². The number of esters is 1. The van der Waals surface area contributed by atoms with Crippen LogP contribution in [-0.4, -0.2) is 53.7 Å². The van der Waals surface area contributed by atoms with Gasteiger partial charge in [-0.3, -0.25) is 0 Å². The van der Waals surface area contributed by atoms with Crippen molar-refractivity contribution in [2.45, 2.75) is 64.3 Å². The summed E-state index contributed by atoms with van der Waals surface area (Å²) >= 11 is 0. The molecule has 0 aromatic heterocycles. The molecule has 5 nitrogen and oxygen atoms in total. The van der Waals surface area contributed by atoms with E-state index in [1.807, 2.05) is 0 Å². The third-order valence-corrected chi connectivity index (χ3v) is 6.72. The minimum Gasteiger partial charge on any atom is -0.462 e. The molecular weight excluding hydrogens is 340 g/mol. The fourth-order valence-electron chi connectivity index (χ4n) is 2.35. The van der Waals surface area contributed by atoms with Gasteiger partial charge in [0.25, 0.3) is 0 Å². The lowest BCUT2D eigenvalue weighted by atomic mass is 10.1. The van der Waals surface area contributed by atoms with E-state index in [-0.39, 0.29) is 16.9 Å². The van der Waals surface area contributed by atoms with Crippen molar-refractivity contribution in [3.05, 3.63) is 12.2 Å². The highest BCUT2D eigenvalue weighted by Crippen LogP contribution is 2.18. The average Bonchev–Trinajstić information content (AvgIpc) is 2.56. The van der Waals surface area contributed by atoms with Crippen molar-refractivity contribution in [3.8, 4) is 0 Å². The lowest BCUT2D eigenvalue weighted by molar-refractivity contribution is -0.139. The first-order valence-corrected chi connectivity index (χ1v) is 10.4. The van der Waals surface area contributed by atoms with E-state index in [1.165, 1.54) is 32.1 Å². The van der Waals surface area contributed by atoms with Crippen LogP contribution >= 0.6 is 0 Å². The molecule has 0 atom stereocenters. The standard InChI is InChI=1S/C17H34O5Si.H4Si/c1-16(2)17(18)22-14-12-10-8-6-7-9-11-13-15-23(19-3,20-4)21-5;/h1,6-15H2,2-5H3;1H4. The second kappa shape index (κ2) is 16.0. The minimum atomic E-state index is -2.37. The van der Waals surface area contributed by atoms with Crippen LogP contribution in [0.2, 0.25) is 6.04 Å². The summed E-state index contributed by atoms with van der Waals surface area (Å²) in [7, 11) is 2.61. The van der Waals surface area contributed by atoms with E-state index in [0.29, 0.717) is 12.2 Å². The molecule has 24 heavy (non-hydrogen) atoms. The number of hydrogen-bond acceptors (Lipinski definition) is 5. The Hall–Kier alpha value is -0.476. The summed E-state index contributed by atoms with van der Waals surface area (Å²) in [6.07, 6.45) is 9.20. The fourth-order valence-corrected chi connectivity index (χ4v) is 4.14. The molecule has 0 radical (unpaired) electrons. The molecule has 0 rings (SSSR count). The van der Waals surface area contributed by atoms with Crippen molar-refractivity contribution >= 4 is 25.7 Å². The van der Waals surface area contributed by atoms with Gasteiger partial charge in [-0.15, -0.1) is 0 Å². The predicted molar refractivity (Wildman–Crippen MR) is 106 cm³/mol. The van der Waals surface area contributed by atoms with Crippen molar-refractivity contribution in [2.75, 3.05) is 27.9 Å². The van der Waals surface area contributed by atoms with Gasteiger partial charge >= 0.3 is 14.8 Å². The lowest BCUT2D eigenvalue weighted by Gasteiger charge is -2.24. The molecule has 0 aliphatic rings. The predicted octanol–water partition coefficient (Wildman–Crippen LogP) is 2.65. The van der Waals surface area contributed by atoms with Gasteiger partial charge in [0.2, 0.25) is 0 Å². The molecule has 0 bridgehead atoms. The third kappa shape index (κ3) is 12.0. The molecule has 0 heterocycles. The van der Waals surface area contributed by atoms with E-state index in [2.05, 4.69) is 6.58 Å². The molecule has 0 aromatic carbocycles. The normalized spacial score (nSPS) is 11.0. The second-order valence-electron chi connectivity index (χ2n) is 5.79. The topological polar surface area (TPSA) is 54.0 Å². The molecule has 0 aliphatic heterocycles. The molecular formula is C17H38O5Si2. The van der Waals surface area contributed by atoms with E-state index in [9.17, 15) is 4.79 Å². The summed E-state index contributed by atoms with van der Waals surface area (Å²) in [5, 5.41) is 0. The number of ether oxygens (including phenoxy) is 1. The Labute approximate surface area is 153 Å². The number of rotatable bonds is 15. The lowest BCUT2D eigenvalue weighted by Crippen LogP contribution is -2.42. The molecule has 0 amide bonds. The van der Waals surface area contributed by atoms with E-state index >= 15 is 0 Å². The van der Waals surface area contributed by atoms with E-state index in [0.717, 1.165) is 25.3 Å². The first-order chi connectivity index (χ1) is 11.0. The molecule has 0 saturated heterocycles. The highest BCUT2D eigenvalue weighted by atomic mass is 28.4. The van der Waals surface area contributed by atoms with Gasteiger partial charge in [-0.25, -0.2) is 4.79 Å². The van der Waals surface area contributed by atoms with Crippen molar-refractivity contribution in [1.29, 1.82) is 0 Å². The van der Waals surface area contributed by atoms with Crippen LogP contribution in [0.4, 0.5) is 0 Å². The Morgan fingerprint density at radius 1 is 0.833 bits per heavy atom. The van der Waals surface area contributed by atoms with Gasteiger partial charge in [0.1, 0.15) is 0 Å². The monoisotopic (exact) mass is 378 g/mol. The summed E-state index contributed by atoms with van der Waals surface area (Å²) in [5.41, 5.74) is 0.465. The van der Waals surface area contributed by atoms with Gasteiger partial charge in [-0.2, -0.15) is 0 Å². The van der Waals surface area contributed by atoms with Crippen LogP contribution < -0.4 is 0 Å². The molecule has 0 fully saturated rings. The van der Waals surface area contributed by atoms with Gasteiger partial charge in [0, 0.05) is 32.9 Å². The molecule has 0 aromatic rings. The Morgan fingerprint density at radius 3 is 1.67 bits per heavy atom. The van der Waals surface area contributed by atoms with Crippen LogP contribution in [0.3, 0.4) is 0 Å². The van der Waals surface area contributed by atoms with Crippen molar-refractivity contribution < 1.29 is 22.8 Å². The van der Waals surface area contributed by atoms with Crippen LogP contribution in [0.5, 0.6) is 0 Å². The summed E-state index contributed by atoms with van der Waals surface area (Å²) < 4.78 is 21.3.